The van der Waals surface area contributed by atoms with Crippen molar-refractivity contribution in [3.05, 3.63) is 76.3 Å². The highest BCUT2D eigenvalue weighted by molar-refractivity contribution is 5.82. The van der Waals surface area contributed by atoms with Crippen LogP contribution < -0.4 is 15.7 Å². The summed E-state index contributed by atoms with van der Waals surface area (Å²) < 4.78 is 12.2. The van der Waals surface area contributed by atoms with Gasteiger partial charge < -0.3 is 14.5 Å². The van der Waals surface area contributed by atoms with E-state index >= 15 is 0 Å². The molecule has 0 aliphatic carbocycles. The van der Waals surface area contributed by atoms with Gasteiger partial charge in [-0.25, -0.2) is 19.4 Å². The van der Waals surface area contributed by atoms with Gasteiger partial charge in [0, 0.05) is 41.7 Å². The van der Waals surface area contributed by atoms with Crippen LogP contribution in [0, 0.1) is 6.92 Å². The maximum atomic E-state index is 12.5. The van der Waals surface area contributed by atoms with Crippen molar-refractivity contribution >= 4 is 16.9 Å². The number of amides is 1. The summed E-state index contributed by atoms with van der Waals surface area (Å²) in [6.07, 6.45) is 5.06. The van der Waals surface area contributed by atoms with Crippen LogP contribution in [0.3, 0.4) is 0 Å². The van der Waals surface area contributed by atoms with Crippen LogP contribution in [0.15, 0.2) is 58.4 Å². The van der Waals surface area contributed by atoms with E-state index in [1.165, 1.54) is 6.33 Å². The standard InChI is InChI=1S/C22H21N5O4/c1-14-17-6-5-16(30-2)10-19(17)31-22(29)18(14)7-8-20(28)25-11-15-4-3-9-24-21(15)27-13-23-12-26-27/h3-6,9-10,12-13H,7-8,11H2,1-2H3,(H,25,28). The Morgan fingerprint density at radius 1 is 1.29 bits per heavy atom. The zero-order chi connectivity index (χ0) is 21.8. The van der Waals surface area contributed by atoms with Crippen LogP contribution in [0.5, 0.6) is 5.75 Å². The zero-order valence-electron chi connectivity index (χ0n) is 17.2. The molecule has 0 aliphatic heterocycles. The molecule has 0 saturated heterocycles. The number of nitrogens with one attached hydrogen (secondary N) is 1. The summed E-state index contributed by atoms with van der Waals surface area (Å²) in [4.78, 5) is 33.1. The van der Waals surface area contributed by atoms with Crippen LogP contribution in [0.2, 0.25) is 0 Å². The van der Waals surface area contributed by atoms with E-state index in [1.807, 2.05) is 25.1 Å². The fraction of sp³-hybridized carbons (Fsp3) is 0.227. The second-order valence-electron chi connectivity index (χ2n) is 6.96. The van der Waals surface area contributed by atoms with E-state index < -0.39 is 5.63 Å². The predicted octanol–water partition coefficient (Wildman–Crippen LogP) is 2.33. The smallest absolute Gasteiger partial charge is 0.339 e. The molecule has 4 rings (SSSR count). The first-order valence-corrected chi connectivity index (χ1v) is 9.72. The molecule has 0 radical (unpaired) electrons. The minimum absolute atomic E-state index is 0.159. The van der Waals surface area contributed by atoms with Gasteiger partial charge in [0.25, 0.3) is 0 Å². The maximum Gasteiger partial charge on any atom is 0.339 e. The lowest BCUT2D eigenvalue weighted by Gasteiger charge is -2.10. The summed E-state index contributed by atoms with van der Waals surface area (Å²) in [7, 11) is 1.56. The molecule has 1 amide bonds. The van der Waals surface area contributed by atoms with Crippen molar-refractivity contribution in [2.24, 2.45) is 0 Å². The van der Waals surface area contributed by atoms with Gasteiger partial charge in [-0.2, -0.15) is 5.10 Å². The lowest BCUT2D eigenvalue weighted by Crippen LogP contribution is -2.25. The normalized spacial score (nSPS) is 10.9. The lowest BCUT2D eigenvalue weighted by molar-refractivity contribution is -0.121. The molecule has 0 atom stereocenters. The van der Waals surface area contributed by atoms with E-state index in [0.717, 1.165) is 16.5 Å². The van der Waals surface area contributed by atoms with Gasteiger partial charge in [0.05, 0.1) is 7.11 Å². The summed E-state index contributed by atoms with van der Waals surface area (Å²) in [6, 6.07) is 9.00. The van der Waals surface area contributed by atoms with E-state index in [0.29, 0.717) is 22.7 Å². The third-order valence-corrected chi connectivity index (χ3v) is 5.08. The van der Waals surface area contributed by atoms with Crippen LogP contribution in [-0.4, -0.2) is 32.8 Å². The highest BCUT2D eigenvalue weighted by atomic mass is 16.5. The van der Waals surface area contributed by atoms with Gasteiger partial charge in [-0.3, -0.25) is 4.79 Å². The van der Waals surface area contributed by atoms with Crippen molar-refractivity contribution in [1.29, 1.82) is 0 Å². The second-order valence-corrected chi connectivity index (χ2v) is 6.96. The Morgan fingerprint density at radius 2 is 2.16 bits per heavy atom. The number of fused-ring (bicyclic) bond motifs is 1. The molecular weight excluding hydrogens is 398 g/mol. The molecule has 0 saturated carbocycles. The van der Waals surface area contributed by atoms with E-state index in [-0.39, 0.29) is 25.3 Å². The monoisotopic (exact) mass is 419 g/mol. The molecule has 0 unspecified atom stereocenters. The number of carbonyl (C=O) groups excluding carboxylic acids is 1. The van der Waals surface area contributed by atoms with Gasteiger partial charge in [-0.15, -0.1) is 0 Å². The van der Waals surface area contributed by atoms with Crippen molar-refractivity contribution in [2.75, 3.05) is 7.11 Å². The third-order valence-electron chi connectivity index (χ3n) is 5.08. The molecule has 31 heavy (non-hydrogen) atoms. The predicted molar refractivity (Wildman–Crippen MR) is 113 cm³/mol. The van der Waals surface area contributed by atoms with Crippen molar-refractivity contribution in [3.63, 3.8) is 0 Å². The first-order chi connectivity index (χ1) is 15.1. The van der Waals surface area contributed by atoms with E-state index in [1.54, 1.807) is 36.4 Å². The Hall–Kier alpha value is -4.01. The van der Waals surface area contributed by atoms with Crippen molar-refractivity contribution in [3.8, 4) is 11.6 Å². The third kappa shape index (κ3) is 4.30. The van der Waals surface area contributed by atoms with Gasteiger partial charge >= 0.3 is 5.63 Å². The number of pyridine rings is 1. The highest BCUT2D eigenvalue weighted by Crippen LogP contribution is 2.24. The topological polar surface area (TPSA) is 112 Å². The van der Waals surface area contributed by atoms with Gasteiger partial charge in [0.1, 0.15) is 24.0 Å². The molecule has 0 bridgehead atoms. The van der Waals surface area contributed by atoms with Gasteiger partial charge in [-0.05, 0) is 37.1 Å². The van der Waals surface area contributed by atoms with Gasteiger partial charge in [0.15, 0.2) is 5.82 Å². The summed E-state index contributed by atoms with van der Waals surface area (Å²) in [5.41, 5.74) is 2.13. The molecule has 0 spiro atoms. The largest absolute Gasteiger partial charge is 0.497 e. The number of methoxy groups -OCH3 is 1. The van der Waals surface area contributed by atoms with E-state index in [9.17, 15) is 9.59 Å². The van der Waals surface area contributed by atoms with Crippen LogP contribution in [0.25, 0.3) is 16.8 Å². The Balaban J connectivity index is 1.44. The van der Waals surface area contributed by atoms with Crippen LogP contribution in [0.1, 0.15) is 23.1 Å². The number of nitrogens with zero attached hydrogens (tertiary/aromatic N) is 4. The SMILES string of the molecule is COc1ccc2c(C)c(CCC(=O)NCc3cccnc3-n3cncn3)c(=O)oc2c1. The van der Waals surface area contributed by atoms with Crippen LogP contribution in [-0.2, 0) is 17.8 Å². The minimum atomic E-state index is -0.438. The van der Waals surface area contributed by atoms with Gasteiger partial charge in [-0.1, -0.05) is 6.07 Å². The Bertz CT molecular complexity index is 1280. The lowest BCUT2D eigenvalue weighted by atomic mass is 10.0. The fourth-order valence-electron chi connectivity index (χ4n) is 3.40. The molecule has 158 valence electrons. The van der Waals surface area contributed by atoms with Crippen LogP contribution >= 0.6 is 0 Å². The van der Waals surface area contributed by atoms with Crippen molar-refractivity contribution < 1.29 is 13.9 Å². The molecule has 0 fully saturated rings. The first kappa shape index (κ1) is 20.3. The summed E-state index contributed by atoms with van der Waals surface area (Å²) >= 11 is 0. The molecular formula is C22H21N5O4. The molecule has 0 aliphatic rings. The molecule has 1 N–H and O–H groups in total. The Kier molecular flexibility index (Phi) is 5.74. The summed E-state index contributed by atoms with van der Waals surface area (Å²) in [5.74, 6) is 1.03. The summed E-state index contributed by atoms with van der Waals surface area (Å²) in [6.45, 7) is 2.14. The van der Waals surface area contributed by atoms with Crippen molar-refractivity contribution in [2.45, 2.75) is 26.3 Å². The van der Waals surface area contributed by atoms with Crippen LogP contribution in [0.4, 0.5) is 0 Å². The Morgan fingerprint density at radius 3 is 2.94 bits per heavy atom. The molecule has 3 aromatic heterocycles. The second kappa shape index (κ2) is 8.78. The Labute approximate surface area is 177 Å². The molecule has 9 heteroatoms. The molecule has 1 aromatic carbocycles. The van der Waals surface area contributed by atoms with E-state index in [2.05, 4.69) is 20.4 Å². The number of hydrogen-bond acceptors (Lipinski definition) is 7. The minimum Gasteiger partial charge on any atom is -0.497 e. The number of aromatic nitrogens is 4. The number of benzene rings is 1. The number of carbonyl (C=O) groups is 1. The number of rotatable bonds is 7. The maximum absolute atomic E-state index is 12.5. The number of hydrogen-bond donors (Lipinski definition) is 1. The average Bonchev–Trinajstić information content (AvgIpc) is 3.32. The van der Waals surface area contributed by atoms with E-state index in [4.69, 9.17) is 9.15 Å². The van der Waals surface area contributed by atoms with Crippen molar-refractivity contribution in [1.82, 2.24) is 25.1 Å². The summed E-state index contributed by atoms with van der Waals surface area (Å²) in [5, 5.41) is 7.78. The molecule has 3 heterocycles. The average molecular weight is 419 g/mol. The highest BCUT2D eigenvalue weighted by Gasteiger charge is 2.14. The first-order valence-electron chi connectivity index (χ1n) is 9.72. The molecule has 9 nitrogen and oxygen atoms in total. The fourth-order valence-corrected chi connectivity index (χ4v) is 3.40. The zero-order valence-corrected chi connectivity index (χ0v) is 17.2. The van der Waals surface area contributed by atoms with Gasteiger partial charge in [0.2, 0.25) is 5.91 Å². The quantitative estimate of drug-likeness (QED) is 0.458. The number of ether oxygens (including phenoxy) is 1. The molecule has 4 aromatic rings. The number of aryl methyl sites for hydroxylation is 1.